The first-order chi connectivity index (χ1) is 11.8. The molecule has 2 rings (SSSR count). The molecule has 0 saturated heterocycles. The summed E-state index contributed by atoms with van der Waals surface area (Å²) < 4.78 is 4.99. The Kier molecular flexibility index (Phi) is 5.21. The van der Waals surface area contributed by atoms with E-state index in [9.17, 15) is 14.4 Å². The van der Waals surface area contributed by atoms with E-state index in [2.05, 4.69) is 15.0 Å². The number of aromatic amines is 2. The van der Waals surface area contributed by atoms with Gasteiger partial charge in [-0.15, -0.1) is 0 Å². The molecule has 8 nitrogen and oxygen atoms in total. The van der Waals surface area contributed by atoms with Gasteiger partial charge in [0.2, 0.25) is 5.95 Å². The van der Waals surface area contributed by atoms with E-state index in [0.717, 1.165) is 0 Å². The second-order valence-electron chi connectivity index (χ2n) is 5.49. The summed E-state index contributed by atoms with van der Waals surface area (Å²) in [6.45, 7) is 6.66. The average Bonchev–Trinajstić information content (AvgIpc) is 2.86. The molecule has 0 spiro atoms. The molecule has 0 unspecified atom stereocenters. The fourth-order valence-corrected chi connectivity index (χ4v) is 2.50. The monoisotopic (exact) mass is 344 g/mol. The SMILES string of the molecule is CCOC(=O)c1c[nH]c(/C=C(\C(C)=O)c2c(C)nc(N)[nH]c2=O)c1C. The summed E-state index contributed by atoms with van der Waals surface area (Å²) in [6, 6.07) is 0. The summed E-state index contributed by atoms with van der Waals surface area (Å²) in [4.78, 5) is 45.6. The van der Waals surface area contributed by atoms with Gasteiger partial charge < -0.3 is 15.5 Å². The van der Waals surface area contributed by atoms with Gasteiger partial charge in [0, 0.05) is 17.5 Å². The van der Waals surface area contributed by atoms with Gasteiger partial charge in [-0.2, -0.15) is 0 Å². The van der Waals surface area contributed by atoms with Gasteiger partial charge in [0.15, 0.2) is 5.78 Å². The lowest BCUT2D eigenvalue weighted by Crippen LogP contribution is -2.19. The van der Waals surface area contributed by atoms with Gasteiger partial charge in [0.1, 0.15) is 0 Å². The number of nitrogen functional groups attached to an aromatic ring is 1. The van der Waals surface area contributed by atoms with E-state index in [1.54, 1.807) is 20.8 Å². The number of Topliss-reactive ketones (excluding diaryl/α,β-unsaturated/α-hetero) is 1. The van der Waals surface area contributed by atoms with Crippen LogP contribution >= 0.6 is 0 Å². The van der Waals surface area contributed by atoms with Crippen molar-refractivity contribution in [3.8, 4) is 0 Å². The summed E-state index contributed by atoms with van der Waals surface area (Å²) in [6.07, 6.45) is 3.03. The smallest absolute Gasteiger partial charge is 0.339 e. The minimum Gasteiger partial charge on any atom is -0.462 e. The topological polar surface area (TPSA) is 131 Å². The lowest BCUT2D eigenvalue weighted by atomic mass is 10.00. The van der Waals surface area contributed by atoms with Crippen LogP contribution in [-0.2, 0) is 9.53 Å². The Morgan fingerprint density at radius 3 is 2.60 bits per heavy atom. The molecule has 4 N–H and O–H groups in total. The van der Waals surface area contributed by atoms with Crippen molar-refractivity contribution >= 4 is 29.4 Å². The van der Waals surface area contributed by atoms with E-state index in [-0.39, 0.29) is 29.5 Å². The number of anilines is 1. The van der Waals surface area contributed by atoms with Crippen molar-refractivity contribution in [3.05, 3.63) is 44.6 Å². The fourth-order valence-electron chi connectivity index (χ4n) is 2.50. The molecule has 25 heavy (non-hydrogen) atoms. The van der Waals surface area contributed by atoms with Crippen LogP contribution in [0.5, 0.6) is 0 Å². The molecule has 0 radical (unpaired) electrons. The summed E-state index contributed by atoms with van der Waals surface area (Å²) in [5.41, 5.74) is 7.21. The number of hydrogen-bond donors (Lipinski definition) is 3. The van der Waals surface area contributed by atoms with Crippen LogP contribution in [0.15, 0.2) is 11.0 Å². The van der Waals surface area contributed by atoms with E-state index < -0.39 is 11.5 Å². The first-order valence-electron chi connectivity index (χ1n) is 7.70. The van der Waals surface area contributed by atoms with Crippen molar-refractivity contribution in [2.24, 2.45) is 0 Å². The minimum absolute atomic E-state index is 0.0187. The molecule has 0 amide bonds. The third kappa shape index (κ3) is 3.68. The van der Waals surface area contributed by atoms with Crippen LogP contribution in [0.25, 0.3) is 11.6 Å². The van der Waals surface area contributed by atoms with Gasteiger partial charge in [0.05, 0.1) is 23.4 Å². The normalized spacial score (nSPS) is 11.4. The Labute approximate surface area is 144 Å². The van der Waals surface area contributed by atoms with Crippen LogP contribution in [0.2, 0.25) is 0 Å². The molecule has 2 aromatic rings. The van der Waals surface area contributed by atoms with E-state index in [0.29, 0.717) is 22.5 Å². The third-order valence-electron chi connectivity index (χ3n) is 3.73. The number of nitrogens with zero attached hydrogens (tertiary/aromatic N) is 1. The van der Waals surface area contributed by atoms with Gasteiger partial charge in [0.25, 0.3) is 5.56 Å². The van der Waals surface area contributed by atoms with E-state index in [4.69, 9.17) is 10.5 Å². The Balaban J connectivity index is 2.59. The highest BCUT2D eigenvalue weighted by Gasteiger charge is 2.19. The second-order valence-corrected chi connectivity index (χ2v) is 5.49. The second kappa shape index (κ2) is 7.16. The molecule has 0 aliphatic carbocycles. The number of carbonyl (C=O) groups is 2. The van der Waals surface area contributed by atoms with E-state index >= 15 is 0 Å². The number of ketones is 1. The lowest BCUT2D eigenvalue weighted by Gasteiger charge is -2.07. The summed E-state index contributed by atoms with van der Waals surface area (Å²) >= 11 is 0. The van der Waals surface area contributed by atoms with Crippen LogP contribution in [-0.4, -0.2) is 33.3 Å². The molecule has 0 fully saturated rings. The van der Waals surface area contributed by atoms with Gasteiger partial charge >= 0.3 is 5.97 Å². The first-order valence-corrected chi connectivity index (χ1v) is 7.70. The maximum atomic E-state index is 12.2. The number of carbonyl (C=O) groups excluding carboxylic acids is 2. The van der Waals surface area contributed by atoms with E-state index in [1.807, 2.05) is 0 Å². The van der Waals surface area contributed by atoms with Crippen molar-refractivity contribution in [1.29, 1.82) is 0 Å². The van der Waals surface area contributed by atoms with Crippen LogP contribution < -0.4 is 11.3 Å². The van der Waals surface area contributed by atoms with Crippen LogP contribution in [0.3, 0.4) is 0 Å². The highest BCUT2D eigenvalue weighted by atomic mass is 16.5. The highest BCUT2D eigenvalue weighted by molar-refractivity contribution is 6.24. The van der Waals surface area contributed by atoms with Crippen molar-refractivity contribution in [2.75, 3.05) is 12.3 Å². The maximum absolute atomic E-state index is 12.2. The lowest BCUT2D eigenvalue weighted by molar-refractivity contribution is -0.111. The zero-order valence-electron chi connectivity index (χ0n) is 14.5. The number of rotatable bonds is 5. The summed E-state index contributed by atoms with van der Waals surface area (Å²) in [7, 11) is 0. The fraction of sp³-hybridized carbons (Fsp3) is 0.294. The molecule has 0 aliphatic heterocycles. The Morgan fingerprint density at radius 1 is 1.36 bits per heavy atom. The van der Waals surface area contributed by atoms with Crippen LogP contribution in [0, 0.1) is 13.8 Å². The van der Waals surface area contributed by atoms with Crippen molar-refractivity contribution < 1.29 is 14.3 Å². The minimum atomic E-state index is -0.499. The highest BCUT2D eigenvalue weighted by Crippen LogP contribution is 2.22. The summed E-state index contributed by atoms with van der Waals surface area (Å²) in [5, 5.41) is 0. The standard InChI is InChI=1S/C17H20N4O4/c1-5-25-16(24)12-7-19-13(8(12)2)6-11(10(4)22)14-9(3)20-17(18)21-15(14)23/h6-7,19H,5H2,1-4H3,(H3,18,20,21,23)/b11-6+. The number of aromatic nitrogens is 3. The largest absolute Gasteiger partial charge is 0.462 e. The van der Waals surface area contributed by atoms with Crippen LogP contribution in [0.4, 0.5) is 5.95 Å². The van der Waals surface area contributed by atoms with Crippen molar-refractivity contribution in [3.63, 3.8) is 0 Å². The van der Waals surface area contributed by atoms with Gasteiger partial charge in [-0.25, -0.2) is 9.78 Å². The van der Waals surface area contributed by atoms with E-state index in [1.165, 1.54) is 19.2 Å². The molecule has 132 valence electrons. The Morgan fingerprint density at radius 2 is 2.04 bits per heavy atom. The molecule has 0 saturated carbocycles. The molecule has 0 atom stereocenters. The number of ether oxygens (including phenoxy) is 1. The number of H-pyrrole nitrogens is 2. The molecule has 2 heterocycles. The molecule has 8 heteroatoms. The number of hydrogen-bond acceptors (Lipinski definition) is 6. The molecular formula is C17H20N4O4. The van der Waals surface area contributed by atoms with Crippen molar-refractivity contribution in [2.45, 2.75) is 27.7 Å². The zero-order valence-corrected chi connectivity index (χ0v) is 14.5. The number of aryl methyl sites for hydroxylation is 1. The van der Waals surface area contributed by atoms with Gasteiger partial charge in [-0.05, 0) is 39.3 Å². The zero-order chi connectivity index (χ0) is 18.7. The Bertz CT molecular complexity index is 921. The van der Waals surface area contributed by atoms with Crippen molar-refractivity contribution in [1.82, 2.24) is 15.0 Å². The molecule has 2 aromatic heterocycles. The average molecular weight is 344 g/mol. The van der Waals surface area contributed by atoms with Crippen LogP contribution in [0.1, 0.15) is 46.7 Å². The first kappa shape index (κ1) is 18.2. The van der Waals surface area contributed by atoms with Gasteiger partial charge in [-0.3, -0.25) is 14.6 Å². The quantitative estimate of drug-likeness (QED) is 0.558. The molecule has 0 bridgehead atoms. The Hall–Kier alpha value is -3.16. The summed E-state index contributed by atoms with van der Waals surface area (Å²) in [5.74, 6) is -0.787. The van der Waals surface area contributed by atoms with Gasteiger partial charge in [-0.1, -0.05) is 0 Å². The molecular weight excluding hydrogens is 324 g/mol. The number of esters is 1. The predicted molar refractivity (Wildman–Crippen MR) is 94.0 cm³/mol. The number of nitrogens with one attached hydrogen (secondary N) is 2. The maximum Gasteiger partial charge on any atom is 0.339 e. The number of allylic oxidation sites excluding steroid dienone is 1. The predicted octanol–water partition coefficient (Wildman–Crippen LogP) is 1.60. The third-order valence-corrected chi connectivity index (χ3v) is 3.73. The number of nitrogens with two attached hydrogens (primary N) is 1. The molecule has 0 aliphatic rings. The molecule has 0 aromatic carbocycles.